The Balaban J connectivity index is 1.01. The quantitative estimate of drug-likeness (QED) is 0.175. The van der Waals surface area contributed by atoms with Crippen LogP contribution in [0.5, 0.6) is 0 Å². The molecular weight excluding hydrogens is 729 g/mol. The first-order valence-corrected chi connectivity index (χ1v) is 20.8. The average Bonchev–Trinajstić information content (AvgIpc) is 3.99. The van der Waals surface area contributed by atoms with Crippen LogP contribution in [-0.4, -0.2) is 18.7 Å². The van der Waals surface area contributed by atoms with Crippen LogP contribution in [0.3, 0.4) is 0 Å². The normalized spacial score (nSPS) is 13.3. The van der Waals surface area contributed by atoms with E-state index in [2.05, 4.69) is 216 Å². The summed E-state index contributed by atoms with van der Waals surface area (Å²) >= 11 is 0. The van der Waals surface area contributed by atoms with E-state index in [1.165, 1.54) is 93.2 Å². The van der Waals surface area contributed by atoms with E-state index < -0.39 is 0 Å². The van der Waals surface area contributed by atoms with Gasteiger partial charge in [-0.05, 0) is 113 Å². The SMILES string of the molecule is CC1(C)c2ccc(-n3c4ccccc4c4cc(-c5ccc6c(c5)c5cc(-n7c8ccccc8c8ccccc87)ccc5n6-c5ccccc5)ccc43)cc2-c2ncccc21. The fourth-order valence-corrected chi connectivity index (χ4v) is 10.5. The molecule has 0 bridgehead atoms. The van der Waals surface area contributed by atoms with Crippen molar-refractivity contribution in [2.75, 3.05) is 0 Å². The molecule has 4 heteroatoms. The number of pyridine rings is 1. The van der Waals surface area contributed by atoms with Crippen molar-refractivity contribution < 1.29 is 0 Å². The molecule has 0 radical (unpaired) electrons. The summed E-state index contributed by atoms with van der Waals surface area (Å²) in [5.74, 6) is 0. The molecule has 282 valence electrons. The average molecular weight is 767 g/mol. The minimum atomic E-state index is -0.0890. The van der Waals surface area contributed by atoms with E-state index in [4.69, 9.17) is 4.98 Å². The van der Waals surface area contributed by atoms with Crippen molar-refractivity contribution >= 4 is 65.4 Å². The van der Waals surface area contributed by atoms with Crippen LogP contribution in [0.15, 0.2) is 194 Å². The molecule has 0 N–H and O–H groups in total. The maximum absolute atomic E-state index is 4.88. The fraction of sp³-hybridized carbons (Fsp3) is 0.0536. The summed E-state index contributed by atoms with van der Waals surface area (Å²) in [6.07, 6.45) is 1.92. The van der Waals surface area contributed by atoms with E-state index in [1.807, 2.05) is 6.20 Å². The number of fused-ring (bicyclic) bond motifs is 12. The lowest BCUT2D eigenvalue weighted by Gasteiger charge is -2.21. The zero-order valence-electron chi connectivity index (χ0n) is 33.3. The Hall–Kier alpha value is -7.69. The van der Waals surface area contributed by atoms with E-state index in [-0.39, 0.29) is 5.41 Å². The van der Waals surface area contributed by atoms with Crippen LogP contribution in [-0.2, 0) is 5.41 Å². The van der Waals surface area contributed by atoms with Crippen molar-refractivity contribution in [3.8, 4) is 39.4 Å². The number of nitrogens with zero attached hydrogens (tertiary/aromatic N) is 4. The summed E-state index contributed by atoms with van der Waals surface area (Å²) < 4.78 is 7.25. The molecule has 0 aliphatic heterocycles. The lowest BCUT2D eigenvalue weighted by molar-refractivity contribution is 0.659. The summed E-state index contributed by atoms with van der Waals surface area (Å²) in [6, 6.07) is 69.3. The first kappa shape index (κ1) is 33.3. The van der Waals surface area contributed by atoms with Gasteiger partial charge in [-0.3, -0.25) is 4.98 Å². The Bertz CT molecular complexity index is 3690. The summed E-state index contributed by atoms with van der Waals surface area (Å²) in [7, 11) is 0. The van der Waals surface area contributed by atoms with Crippen LogP contribution in [0.2, 0.25) is 0 Å². The van der Waals surface area contributed by atoms with Crippen LogP contribution in [0.4, 0.5) is 0 Å². The molecule has 13 rings (SSSR count). The van der Waals surface area contributed by atoms with Crippen LogP contribution < -0.4 is 0 Å². The molecule has 60 heavy (non-hydrogen) atoms. The second-order valence-corrected chi connectivity index (χ2v) is 16.8. The summed E-state index contributed by atoms with van der Waals surface area (Å²) in [4.78, 5) is 4.88. The van der Waals surface area contributed by atoms with Gasteiger partial charge in [0.25, 0.3) is 0 Å². The van der Waals surface area contributed by atoms with Gasteiger partial charge < -0.3 is 13.7 Å². The number of hydrogen-bond acceptors (Lipinski definition) is 1. The van der Waals surface area contributed by atoms with E-state index >= 15 is 0 Å². The highest BCUT2D eigenvalue weighted by molar-refractivity contribution is 6.14. The maximum Gasteiger partial charge on any atom is 0.0746 e. The predicted octanol–water partition coefficient (Wildman–Crippen LogP) is 14.3. The molecule has 0 spiro atoms. The molecule has 1 aliphatic rings. The molecule has 4 heterocycles. The molecule has 0 amide bonds. The van der Waals surface area contributed by atoms with Crippen LogP contribution in [0.25, 0.3) is 105 Å². The van der Waals surface area contributed by atoms with Gasteiger partial charge in [0.2, 0.25) is 0 Å². The van der Waals surface area contributed by atoms with Gasteiger partial charge in [0.05, 0.1) is 38.8 Å². The highest BCUT2D eigenvalue weighted by Crippen LogP contribution is 2.49. The van der Waals surface area contributed by atoms with Gasteiger partial charge in [0.15, 0.2) is 0 Å². The third-order valence-electron chi connectivity index (χ3n) is 13.3. The molecule has 8 aromatic carbocycles. The van der Waals surface area contributed by atoms with Gasteiger partial charge in [-0.1, -0.05) is 111 Å². The zero-order valence-corrected chi connectivity index (χ0v) is 33.3. The predicted molar refractivity (Wildman–Crippen MR) is 250 cm³/mol. The Morgan fingerprint density at radius 1 is 0.350 bits per heavy atom. The molecule has 0 saturated heterocycles. The lowest BCUT2D eigenvalue weighted by atomic mass is 9.83. The number of benzene rings is 8. The van der Waals surface area contributed by atoms with Crippen molar-refractivity contribution in [2.24, 2.45) is 0 Å². The standard InChI is InChI=1S/C56H38N4/c1-56(2)47-26-24-38(34-46(47)55-48(56)18-12-30-57-55)60-51-21-11-8-17-42(51)43-31-35(22-27-52(43)60)36-23-28-53-44(32-36)45-33-39(25-29-54(45)58(53)37-13-4-3-5-14-37)59-49-19-9-6-15-40(49)41-16-7-10-20-50(41)59/h3-34H,1-2H3. The summed E-state index contributed by atoms with van der Waals surface area (Å²) in [5, 5.41) is 7.46. The summed E-state index contributed by atoms with van der Waals surface area (Å²) in [6.45, 7) is 4.62. The maximum atomic E-state index is 4.88. The smallest absolute Gasteiger partial charge is 0.0746 e. The topological polar surface area (TPSA) is 27.7 Å². The first-order valence-electron chi connectivity index (χ1n) is 20.8. The van der Waals surface area contributed by atoms with E-state index in [0.717, 1.165) is 22.8 Å². The minimum absolute atomic E-state index is 0.0890. The molecule has 0 fully saturated rings. The van der Waals surface area contributed by atoms with Crippen molar-refractivity contribution in [1.29, 1.82) is 0 Å². The molecule has 4 aromatic heterocycles. The van der Waals surface area contributed by atoms with Crippen LogP contribution in [0, 0.1) is 0 Å². The summed E-state index contributed by atoms with van der Waals surface area (Å²) in [5.41, 5.74) is 17.9. The number of hydrogen-bond donors (Lipinski definition) is 0. The Morgan fingerprint density at radius 3 is 1.45 bits per heavy atom. The van der Waals surface area contributed by atoms with Crippen LogP contribution in [0.1, 0.15) is 25.0 Å². The third-order valence-corrected chi connectivity index (χ3v) is 13.3. The molecule has 0 saturated carbocycles. The van der Waals surface area contributed by atoms with Gasteiger partial charge in [-0.25, -0.2) is 0 Å². The van der Waals surface area contributed by atoms with Crippen LogP contribution >= 0.6 is 0 Å². The molecule has 4 nitrogen and oxygen atoms in total. The Labute approximate surface area is 346 Å². The molecular formula is C56H38N4. The molecule has 0 atom stereocenters. The second-order valence-electron chi connectivity index (χ2n) is 16.8. The Morgan fingerprint density at radius 2 is 0.817 bits per heavy atom. The molecule has 0 unspecified atom stereocenters. The number of rotatable bonds is 4. The van der Waals surface area contributed by atoms with Gasteiger partial charge in [-0.2, -0.15) is 0 Å². The van der Waals surface area contributed by atoms with E-state index in [9.17, 15) is 0 Å². The molecule has 12 aromatic rings. The fourth-order valence-electron chi connectivity index (χ4n) is 10.5. The van der Waals surface area contributed by atoms with Gasteiger partial charge in [0.1, 0.15) is 0 Å². The van der Waals surface area contributed by atoms with Gasteiger partial charge in [-0.15, -0.1) is 0 Å². The van der Waals surface area contributed by atoms with Gasteiger partial charge >= 0.3 is 0 Å². The monoisotopic (exact) mass is 766 g/mol. The van der Waals surface area contributed by atoms with E-state index in [0.29, 0.717) is 0 Å². The number of aromatic nitrogens is 4. The first-order chi connectivity index (χ1) is 29.5. The third kappa shape index (κ3) is 4.53. The van der Waals surface area contributed by atoms with Crippen molar-refractivity contribution in [3.63, 3.8) is 0 Å². The largest absolute Gasteiger partial charge is 0.309 e. The van der Waals surface area contributed by atoms with Crippen molar-refractivity contribution in [2.45, 2.75) is 19.3 Å². The van der Waals surface area contributed by atoms with Gasteiger partial charge in [0, 0.05) is 66.6 Å². The second kappa shape index (κ2) is 12.2. The van der Waals surface area contributed by atoms with Crippen molar-refractivity contribution in [1.82, 2.24) is 18.7 Å². The Kier molecular flexibility index (Phi) is 6.75. The highest BCUT2D eigenvalue weighted by Gasteiger charge is 2.36. The lowest BCUT2D eigenvalue weighted by Crippen LogP contribution is -2.15. The molecule has 1 aliphatic carbocycles. The van der Waals surface area contributed by atoms with Crippen molar-refractivity contribution in [3.05, 3.63) is 205 Å². The number of para-hydroxylation sites is 4. The zero-order chi connectivity index (χ0) is 39.7. The highest BCUT2D eigenvalue weighted by atomic mass is 15.0. The van der Waals surface area contributed by atoms with E-state index in [1.54, 1.807) is 0 Å². The minimum Gasteiger partial charge on any atom is -0.309 e.